The number of anilines is 1. The van der Waals surface area contributed by atoms with Crippen LogP contribution < -0.4 is 5.32 Å². The summed E-state index contributed by atoms with van der Waals surface area (Å²) in [6.07, 6.45) is 1.67. The van der Waals surface area contributed by atoms with E-state index in [1.165, 1.54) is 31.9 Å². The van der Waals surface area contributed by atoms with Crippen molar-refractivity contribution in [3.63, 3.8) is 0 Å². The molecule has 2 amide bonds. The van der Waals surface area contributed by atoms with E-state index in [1.54, 1.807) is 29.2 Å². The van der Waals surface area contributed by atoms with E-state index in [1.807, 2.05) is 25.1 Å². The van der Waals surface area contributed by atoms with Crippen LogP contribution in [0.2, 0.25) is 0 Å². The Morgan fingerprint density at radius 3 is 2.64 bits per heavy atom. The van der Waals surface area contributed by atoms with E-state index in [-0.39, 0.29) is 29.2 Å². The summed E-state index contributed by atoms with van der Waals surface area (Å²) in [6.45, 7) is 2.83. The van der Waals surface area contributed by atoms with Gasteiger partial charge in [-0.1, -0.05) is 36.0 Å². The van der Waals surface area contributed by atoms with Gasteiger partial charge in [0.05, 0.1) is 23.2 Å². The Bertz CT molecular complexity index is 1260. The summed E-state index contributed by atoms with van der Waals surface area (Å²) in [6, 6.07) is 13.8. The Morgan fingerprint density at radius 1 is 1.22 bits per heavy atom. The third-order valence-electron chi connectivity index (χ3n) is 6.03. The highest BCUT2D eigenvalue weighted by Gasteiger charge is 2.40. The molecule has 0 saturated carbocycles. The number of aryl methyl sites for hydroxylation is 1. The molecule has 0 aliphatic carbocycles. The van der Waals surface area contributed by atoms with Crippen LogP contribution in [0.3, 0.4) is 0 Å². The van der Waals surface area contributed by atoms with Crippen molar-refractivity contribution < 1.29 is 22.7 Å². The first-order valence-electron chi connectivity index (χ1n) is 11.7. The van der Waals surface area contributed by atoms with E-state index in [2.05, 4.69) is 5.32 Å². The molecule has 0 bridgehead atoms. The van der Waals surface area contributed by atoms with Crippen molar-refractivity contribution in [3.8, 4) is 0 Å². The zero-order valence-electron chi connectivity index (χ0n) is 20.5. The van der Waals surface area contributed by atoms with Crippen molar-refractivity contribution in [2.45, 2.75) is 42.4 Å². The fourth-order valence-electron chi connectivity index (χ4n) is 3.97. The van der Waals surface area contributed by atoms with Crippen molar-refractivity contribution in [2.75, 3.05) is 32.6 Å². The molecule has 2 fully saturated rings. The zero-order chi connectivity index (χ0) is 25.9. The minimum Gasteiger partial charge on any atom is -0.376 e. The van der Waals surface area contributed by atoms with Crippen LogP contribution in [-0.2, 0) is 24.3 Å². The normalized spacial score (nSPS) is 21.5. The molecule has 2 aliphatic rings. The number of amidine groups is 1. The van der Waals surface area contributed by atoms with Crippen LogP contribution in [0.15, 0.2) is 58.4 Å². The third-order valence-corrected chi connectivity index (χ3v) is 9.02. The van der Waals surface area contributed by atoms with Gasteiger partial charge in [-0.2, -0.15) is 0 Å². The molecule has 0 spiro atoms. The number of benzene rings is 2. The molecular weight excluding hydrogens is 500 g/mol. The van der Waals surface area contributed by atoms with Gasteiger partial charge in [0.1, 0.15) is 5.25 Å². The fraction of sp³-hybridized carbons (Fsp3) is 0.400. The number of ether oxygens (including phenoxy) is 1. The van der Waals surface area contributed by atoms with E-state index in [9.17, 15) is 18.0 Å². The predicted octanol–water partition coefficient (Wildman–Crippen LogP) is 3.38. The second-order valence-electron chi connectivity index (χ2n) is 8.94. The number of amides is 2. The van der Waals surface area contributed by atoms with Gasteiger partial charge in [-0.05, 0) is 49.6 Å². The van der Waals surface area contributed by atoms with Gasteiger partial charge in [0.2, 0.25) is 21.8 Å². The Balaban J connectivity index is 1.61. The molecule has 36 heavy (non-hydrogen) atoms. The summed E-state index contributed by atoms with van der Waals surface area (Å²) >= 11 is 1.22. The van der Waals surface area contributed by atoms with Crippen molar-refractivity contribution >= 4 is 50.1 Å². The smallest absolute Gasteiger partial charge is 0.242 e. The number of thioether (sulfide) groups is 1. The molecule has 2 heterocycles. The van der Waals surface area contributed by atoms with Crippen LogP contribution in [0.5, 0.6) is 0 Å². The monoisotopic (exact) mass is 530 g/mol. The maximum Gasteiger partial charge on any atom is 0.242 e. The summed E-state index contributed by atoms with van der Waals surface area (Å²) in [5, 5.41) is 2.63. The molecule has 2 atom stereocenters. The molecule has 2 saturated heterocycles. The van der Waals surface area contributed by atoms with Crippen LogP contribution in [-0.4, -0.2) is 73.2 Å². The van der Waals surface area contributed by atoms with Gasteiger partial charge in [-0.3, -0.25) is 14.5 Å². The molecule has 2 aliphatic heterocycles. The van der Waals surface area contributed by atoms with Crippen LogP contribution >= 0.6 is 11.8 Å². The number of nitrogens with one attached hydrogen (secondary N) is 1. The summed E-state index contributed by atoms with van der Waals surface area (Å²) < 4.78 is 32.2. The van der Waals surface area contributed by atoms with Crippen molar-refractivity contribution in [1.82, 2.24) is 9.21 Å². The second-order valence-corrected chi connectivity index (χ2v) is 12.3. The van der Waals surface area contributed by atoms with Gasteiger partial charge in [-0.15, -0.1) is 0 Å². The first kappa shape index (κ1) is 26.3. The lowest BCUT2D eigenvalue weighted by Crippen LogP contribution is -2.38. The molecule has 2 aromatic rings. The van der Waals surface area contributed by atoms with Crippen LogP contribution in [0.4, 0.5) is 11.4 Å². The summed E-state index contributed by atoms with van der Waals surface area (Å²) in [4.78, 5) is 32.5. The van der Waals surface area contributed by atoms with E-state index < -0.39 is 15.3 Å². The molecule has 0 aromatic heterocycles. The average Bonchev–Trinajstić information content (AvgIpc) is 3.45. The molecule has 192 valence electrons. The number of nitrogens with zero attached hydrogens (tertiary/aromatic N) is 3. The number of aliphatic imine (C=N–C) groups is 1. The topological polar surface area (TPSA) is 108 Å². The first-order chi connectivity index (χ1) is 17.1. The summed E-state index contributed by atoms with van der Waals surface area (Å²) in [7, 11) is -0.700. The molecular formula is C25H30N4O5S2. The van der Waals surface area contributed by atoms with Gasteiger partial charge in [0, 0.05) is 32.8 Å². The number of hydrogen-bond donors (Lipinski definition) is 1. The van der Waals surface area contributed by atoms with E-state index >= 15 is 0 Å². The Morgan fingerprint density at radius 2 is 1.97 bits per heavy atom. The lowest BCUT2D eigenvalue weighted by Gasteiger charge is -2.20. The van der Waals surface area contributed by atoms with Crippen molar-refractivity contribution in [2.24, 2.45) is 4.99 Å². The quantitative estimate of drug-likeness (QED) is 0.561. The van der Waals surface area contributed by atoms with Gasteiger partial charge in [0.15, 0.2) is 5.17 Å². The minimum atomic E-state index is -3.65. The molecule has 9 nitrogen and oxygen atoms in total. The average molecular weight is 531 g/mol. The highest BCUT2D eigenvalue weighted by Crippen LogP contribution is 2.34. The van der Waals surface area contributed by atoms with Crippen molar-refractivity contribution in [1.29, 1.82) is 0 Å². The number of para-hydroxylation sites is 1. The zero-order valence-corrected chi connectivity index (χ0v) is 22.1. The van der Waals surface area contributed by atoms with Crippen LogP contribution in [0.25, 0.3) is 0 Å². The maximum absolute atomic E-state index is 13.4. The number of hydrogen-bond acceptors (Lipinski definition) is 7. The Kier molecular flexibility index (Phi) is 8.13. The molecule has 4 rings (SSSR count). The third kappa shape index (κ3) is 5.97. The molecule has 0 radical (unpaired) electrons. The Hall–Kier alpha value is -2.73. The van der Waals surface area contributed by atoms with Gasteiger partial charge < -0.3 is 10.1 Å². The number of sulfonamides is 1. The first-order valence-corrected chi connectivity index (χ1v) is 14.0. The number of rotatable bonds is 8. The number of carbonyl (C=O) groups is 2. The van der Waals surface area contributed by atoms with Gasteiger partial charge in [-0.25, -0.2) is 17.7 Å². The highest BCUT2D eigenvalue weighted by atomic mass is 32.2. The molecule has 0 unspecified atom stereocenters. The standard InChI is InChI=1S/C25H30N4O5S2/c1-17-11-12-20(36(32,33)28(2)3)14-21(17)27-25-29(16-19-10-7-13-34-19)24(31)22(35-25)15-23(30)26-18-8-5-4-6-9-18/h4-6,8-9,11-12,14,19,22H,7,10,13,15-16H2,1-3H3,(H,26,30)/t19-,22-/m0/s1. The molecule has 1 N–H and O–H groups in total. The van der Waals surface area contributed by atoms with E-state index in [4.69, 9.17) is 9.73 Å². The number of carbonyl (C=O) groups excluding carboxylic acids is 2. The molecule has 11 heteroatoms. The van der Waals surface area contributed by atoms with Crippen LogP contribution in [0, 0.1) is 6.92 Å². The minimum absolute atomic E-state index is 0.00648. The SMILES string of the molecule is Cc1ccc(S(=O)(=O)N(C)C)cc1N=C1S[C@@H](CC(=O)Nc2ccccc2)C(=O)N1C[C@@H]1CCCO1. The highest BCUT2D eigenvalue weighted by molar-refractivity contribution is 8.15. The van der Waals surface area contributed by atoms with Gasteiger partial charge in [0.25, 0.3) is 0 Å². The van der Waals surface area contributed by atoms with E-state index in [0.29, 0.717) is 29.7 Å². The lowest BCUT2D eigenvalue weighted by molar-refractivity contribution is -0.129. The van der Waals surface area contributed by atoms with Gasteiger partial charge >= 0.3 is 0 Å². The largest absolute Gasteiger partial charge is 0.376 e. The van der Waals surface area contributed by atoms with Crippen molar-refractivity contribution in [3.05, 3.63) is 54.1 Å². The van der Waals surface area contributed by atoms with Crippen LogP contribution in [0.1, 0.15) is 24.8 Å². The molecule has 2 aromatic carbocycles. The summed E-state index contributed by atoms with van der Waals surface area (Å²) in [5.41, 5.74) is 1.90. The maximum atomic E-state index is 13.4. The second kappa shape index (κ2) is 11.1. The predicted molar refractivity (Wildman–Crippen MR) is 141 cm³/mol. The Labute approximate surface area is 216 Å². The van der Waals surface area contributed by atoms with E-state index in [0.717, 1.165) is 22.7 Å². The lowest BCUT2D eigenvalue weighted by atomic mass is 10.2. The summed E-state index contributed by atoms with van der Waals surface area (Å²) in [5.74, 6) is -0.465. The fourth-order valence-corrected chi connectivity index (χ4v) is 6.05.